The average molecular weight is 266 g/mol. The minimum absolute atomic E-state index is 0.122. The molecule has 0 aliphatic carbocycles. The van der Waals surface area contributed by atoms with E-state index in [9.17, 15) is 14.7 Å². The van der Waals surface area contributed by atoms with E-state index in [1.165, 1.54) is 0 Å². The van der Waals surface area contributed by atoms with E-state index in [1.807, 2.05) is 0 Å². The summed E-state index contributed by atoms with van der Waals surface area (Å²) in [5.41, 5.74) is -1.70. The van der Waals surface area contributed by atoms with Crippen molar-refractivity contribution in [3.8, 4) is 0 Å². The molecule has 0 radical (unpaired) electrons. The molecule has 0 saturated heterocycles. The van der Waals surface area contributed by atoms with Gasteiger partial charge >= 0.3 is 11.9 Å². The second-order valence-corrected chi connectivity index (χ2v) is 3.93. The molecule has 104 valence electrons. The quantitative estimate of drug-likeness (QED) is 0.788. The zero-order valence-electron chi connectivity index (χ0n) is 11.1. The predicted molar refractivity (Wildman–Crippen MR) is 68.2 cm³/mol. The molecule has 19 heavy (non-hydrogen) atoms. The molecule has 1 N–H and O–H groups in total. The van der Waals surface area contributed by atoms with Crippen molar-refractivity contribution in [1.29, 1.82) is 0 Å². The Hall–Kier alpha value is -1.88. The van der Waals surface area contributed by atoms with Gasteiger partial charge in [0.25, 0.3) is 0 Å². The monoisotopic (exact) mass is 266 g/mol. The number of ether oxygens (including phenoxy) is 2. The molecule has 1 atom stereocenters. The number of rotatable bonds is 6. The van der Waals surface area contributed by atoms with Crippen LogP contribution in [0.25, 0.3) is 0 Å². The highest BCUT2D eigenvalue weighted by atomic mass is 16.6. The molecule has 0 heterocycles. The molecule has 1 aromatic rings. The molecule has 0 spiro atoms. The van der Waals surface area contributed by atoms with Gasteiger partial charge in [0, 0.05) is 0 Å². The second-order valence-electron chi connectivity index (χ2n) is 3.93. The van der Waals surface area contributed by atoms with Gasteiger partial charge in [-0.25, -0.2) is 4.79 Å². The van der Waals surface area contributed by atoms with Gasteiger partial charge in [-0.1, -0.05) is 30.3 Å². The van der Waals surface area contributed by atoms with Crippen molar-refractivity contribution in [3.05, 3.63) is 35.9 Å². The number of carbonyl (C=O) groups excluding carboxylic acids is 2. The summed E-state index contributed by atoms with van der Waals surface area (Å²) in [6.45, 7) is 3.60. The van der Waals surface area contributed by atoms with Crippen LogP contribution < -0.4 is 0 Å². The molecule has 0 bridgehead atoms. The molecule has 0 saturated carbocycles. The van der Waals surface area contributed by atoms with Crippen LogP contribution >= 0.6 is 0 Å². The number of benzene rings is 1. The fourth-order valence-electron chi connectivity index (χ4n) is 1.68. The van der Waals surface area contributed by atoms with Gasteiger partial charge in [-0.3, -0.25) is 4.79 Å². The zero-order chi connectivity index (χ0) is 14.3. The van der Waals surface area contributed by atoms with E-state index >= 15 is 0 Å². The third kappa shape index (κ3) is 3.79. The lowest BCUT2D eigenvalue weighted by Gasteiger charge is -2.25. The molecule has 0 fully saturated rings. The summed E-state index contributed by atoms with van der Waals surface area (Å²) in [5, 5.41) is 10.5. The maximum absolute atomic E-state index is 11.9. The van der Waals surface area contributed by atoms with E-state index in [0.29, 0.717) is 5.56 Å². The van der Waals surface area contributed by atoms with Gasteiger partial charge in [0.2, 0.25) is 0 Å². The first-order valence-corrected chi connectivity index (χ1v) is 6.15. The van der Waals surface area contributed by atoms with Crippen molar-refractivity contribution in [2.75, 3.05) is 13.2 Å². The minimum Gasteiger partial charge on any atom is -0.466 e. The van der Waals surface area contributed by atoms with E-state index in [1.54, 1.807) is 44.2 Å². The molecule has 0 unspecified atom stereocenters. The topological polar surface area (TPSA) is 72.8 Å². The highest BCUT2D eigenvalue weighted by Gasteiger charge is 2.42. The van der Waals surface area contributed by atoms with Crippen molar-refractivity contribution in [2.24, 2.45) is 0 Å². The van der Waals surface area contributed by atoms with Crippen LogP contribution in [0.3, 0.4) is 0 Å². The smallest absolute Gasteiger partial charge is 0.343 e. The Morgan fingerprint density at radius 3 is 2.21 bits per heavy atom. The van der Waals surface area contributed by atoms with Crippen LogP contribution in [-0.4, -0.2) is 30.3 Å². The first-order chi connectivity index (χ1) is 9.04. The van der Waals surface area contributed by atoms with Crippen LogP contribution in [0.1, 0.15) is 25.8 Å². The lowest BCUT2D eigenvalue weighted by Crippen LogP contribution is -2.40. The first-order valence-electron chi connectivity index (χ1n) is 6.15. The first kappa shape index (κ1) is 15.2. The molecule has 0 aromatic heterocycles. The van der Waals surface area contributed by atoms with Crippen LogP contribution in [-0.2, 0) is 24.7 Å². The Bertz CT molecular complexity index is 429. The second kappa shape index (κ2) is 6.89. The highest BCUT2D eigenvalue weighted by molar-refractivity contribution is 5.87. The molecule has 1 aromatic carbocycles. The maximum Gasteiger partial charge on any atom is 0.343 e. The number of hydrogen-bond acceptors (Lipinski definition) is 5. The van der Waals surface area contributed by atoms with E-state index in [-0.39, 0.29) is 13.2 Å². The molecule has 5 nitrogen and oxygen atoms in total. The lowest BCUT2D eigenvalue weighted by atomic mass is 9.90. The van der Waals surface area contributed by atoms with Gasteiger partial charge in [0.1, 0.15) is 0 Å². The van der Waals surface area contributed by atoms with Gasteiger partial charge < -0.3 is 14.6 Å². The van der Waals surface area contributed by atoms with E-state index in [0.717, 1.165) is 0 Å². The molecule has 1 rings (SSSR count). The zero-order valence-corrected chi connectivity index (χ0v) is 11.1. The van der Waals surface area contributed by atoms with Crippen LogP contribution in [0.15, 0.2) is 30.3 Å². The molecular formula is C14H18O5. The van der Waals surface area contributed by atoms with Crippen molar-refractivity contribution in [2.45, 2.75) is 25.9 Å². The van der Waals surface area contributed by atoms with Gasteiger partial charge in [0.15, 0.2) is 5.60 Å². The van der Waals surface area contributed by atoms with Gasteiger partial charge in [-0.05, 0) is 19.4 Å². The number of hydrogen-bond donors (Lipinski definition) is 1. The standard InChI is InChI=1S/C14H18O5/c1-3-18-12(15)10-14(17,13(16)19-4-2)11-8-6-5-7-9-11/h5-9,17H,3-4,10H2,1-2H3/t14-/m1/s1. The van der Waals surface area contributed by atoms with Gasteiger partial charge in [-0.15, -0.1) is 0 Å². The maximum atomic E-state index is 11.9. The van der Waals surface area contributed by atoms with Gasteiger partial charge in [0.05, 0.1) is 19.6 Å². The Kier molecular flexibility index (Phi) is 5.51. The van der Waals surface area contributed by atoms with Crippen molar-refractivity contribution in [1.82, 2.24) is 0 Å². The fraction of sp³-hybridized carbons (Fsp3) is 0.429. The highest BCUT2D eigenvalue weighted by Crippen LogP contribution is 2.27. The molecule has 5 heteroatoms. The predicted octanol–water partition coefficient (Wildman–Crippen LogP) is 1.39. The third-order valence-electron chi connectivity index (χ3n) is 2.57. The van der Waals surface area contributed by atoms with Crippen molar-refractivity contribution < 1.29 is 24.2 Å². The summed E-state index contributed by atoms with van der Waals surface area (Å²) in [7, 11) is 0. The molecule has 0 aliphatic rings. The lowest BCUT2D eigenvalue weighted by molar-refractivity contribution is -0.173. The van der Waals surface area contributed by atoms with E-state index in [4.69, 9.17) is 9.47 Å². The molecule has 0 aliphatic heterocycles. The molecule has 0 amide bonds. The largest absolute Gasteiger partial charge is 0.466 e. The van der Waals surface area contributed by atoms with Crippen LogP contribution in [0.2, 0.25) is 0 Å². The van der Waals surface area contributed by atoms with Crippen LogP contribution in [0.4, 0.5) is 0 Å². The number of carbonyl (C=O) groups is 2. The minimum atomic E-state index is -2.01. The summed E-state index contributed by atoms with van der Waals surface area (Å²) in [4.78, 5) is 23.5. The molecular weight excluding hydrogens is 248 g/mol. The summed E-state index contributed by atoms with van der Waals surface area (Å²) < 4.78 is 9.62. The van der Waals surface area contributed by atoms with E-state index < -0.39 is 24.0 Å². The average Bonchev–Trinajstić information content (AvgIpc) is 2.40. The summed E-state index contributed by atoms with van der Waals surface area (Å²) in [6, 6.07) is 8.22. The summed E-state index contributed by atoms with van der Waals surface area (Å²) >= 11 is 0. The summed E-state index contributed by atoms with van der Waals surface area (Å²) in [5.74, 6) is -1.50. The van der Waals surface area contributed by atoms with Crippen molar-refractivity contribution in [3.63, 3.8) is 0 Å². The van der Waals surface area contributed by atoms with Crippen LogP contribution in [0.5, 0.6) is 0 Å². The Balaban J connectivity index is 3.03. The Labute approximate surface area is 112 Å². The number of esters is 2. The van der Waals surface area contributed by atoms with Crippen molar-refractivity contribution >= 4 is 11.9 Å². The third-order valence-corrected chi connectivity index (χ3v) is 2.57. The Morgan fingerprint density at radius 1 is 1.11 bits per heavy atom. The van der Waals surface area contributed by atoms with Gasteiger partial charge in [-0.2, -0.15) is 0 Å². The summed E-state index contributed by atoms with van der Waals surface area (Å²) in [6.07, 6.45) is -0.469. The normalized spacial score (nSPS) is 13.4. The van der Waals surface area contributed by atoms with Crippen LogP contribution in [0, 0.1) is 0 Å². The van der Waals surface area contributed by atoms with E-state index in [2.05, 4.69) is 0 Å². The fourth-order valence-corrected chi connectivity index (χ4v) is 1.68. The number of aliphatic hydroxyl groups is 1. The Morgan fingerprint density at radius 2 is 1.68 bits per heavy atom. The SMILES string of the molecule is CCOC(=O)C[C@](O)(C(=O)OCC)c1ccccc1.